The molecule has 5 nitrogen and oxygen atoms in total. The van der Waals surface area contributed by atoms with Crippen molar-refractivity contribution < 1.29 is 17.6 Å². The summed E-state index contributed by atoms with van der Waals surface area (Å²) in [6.45, 7) is 0.247. The summed E-state index contributed by atoms with van der Waals surface area (Å²) >= 11 is 15.1. The molecule has 0 bridgehead atoms. The van der Waals surface area contributed by atoms with E-state index < -0.39 is 27.7 Å². The first-order valence-electron chi connectivity index (χ1n) is 8.39. The van der Waals surface area contributed by atoms with Gasteiger partial charge in [0.1, 0.15) is 10.7 Å². The molecule has 2 aromatic rings. The summed E-state index contributed by atoms with van der Waals surface area (Å²) in [5, 5.41) is 2.85. The summed E-state index contributed by atoms with van der Waals surface area (Å²) < 4.78 is 41.7. The molecule has 150 valence electrons. The first kappa shape index (κ1) is 21.5. The lowest BCUT2D eigenvalue weighted by Gasteiger charge is -2.31. The molecule has 1 heterocycles. The molecule has 1 atom stereocenters. The highest BCUT2D eigenvalue weighted by molar-refractivity contribution is 9.10. The summed E-state index contributed by atoms with van der Waals surface area (Å²) in [5.41, 5.74) is 0.0473. The number of carbonyl (C=O) groups is 1. The Labute approximate surface area is 181 Å². The van der Waals surface area contributed by atoms with E-state index in [2.05, 4.69) is 21.2 Å². The maximum absolute atomic E-state index is 14.0. The third kappa shape index (κ3) is 4.68. The van der Waals surface area contributed by atoms with Crippen LogP contribution in [0.3, 0.4) is 0 Å². The Morgan fingerprint density at radius 1 is 1.21 bits per heavy atom. The van der Waals surface area contributed by atoms with E-state index in [-0.39, 0.29) is 33.7 Å². The number of hydrogen-bond donors (Lipinski definition) is 1. The molecule has 3 rings (SSSR count). The van der Waals surface area contributed by atoms with Gasteiger partial charge in [0.25, 0.3) is 0 Å². The zero-order valence-corrected chi connectivity index (χ0v) is 18.4. The van der Waals surface area contributed by atoms with Crippen LogP contribution in [0.5, 0.6) is 0 Å². The molecule has 1 aliphatic rings. The van der Waals surface area contributed by atoms with E-state index in [1.165, 1.54) is 34.6 Å². The SMILES string of the molecule is O=C(Nc1ccc(Br)cc1F)[C@@H]1CCCN(S(=O)(=O)c2cc(Cl)ccc2Cl)C1. The third-order valence-corrected chi connectivity index (χ3v) is 7.53. The zero-order chi connectivity index (χ0) is 20.5. The average molecular weight is 510 g/mol. The number of amides is 1. The van der Waals surface area contributed by atoms with Gasteiger partial charge < -0.3 is 5.32 Å². The minimum atomic E-state index is -3.91. The number of piperidine rings is 1. The van der Waals surface area contributed by atoms with Crippen molar-refractivity contribution in [3.8, 4) is 0 Å². The second kappa shape index (κ2) is 8.67. The Morgan fingerprint density at radius 2 is 1.96 bits per heavy atom. The van der Waals surface area contributed by atoms with E-state index in [9.17, 15) is 17.6 Å². The summed E-state index contributed by atoms with van der Waals surface area (Å²) in [4.78, 5) is 12.5. The highest BCUT2D eigenvalue weighted by atomic mass is 79.9. The molecule has 0 unspecified atom stereocenters. The van der Waals surface area contributed by atoms with Crippen LogP contribution in [0.1, 0.15) is 12.8 Å². The van der Waals surface area contributed by atoms with Crippen molar-refractivity contribution in [2.24, 2.45) is 5.92 Å². The fourth-order valence-electron chi connectivity index (χ4n) is 3.01. The Balaban J connectivity index is 1.78. The molecule has 1 fully saturated rings. The van der Waals surface area contributed by atoms with Crippen LogP contribution in [0, 0.1) is 11.7 Å². The predicted molar refractivity (Wildman–Crippen MR) is 111 cm³/mol. The minimum Gasteiger partial charge on any atom is -0.323 e. The molecule has 0 saturated carbocycles. The van der Waals surface area contributed by atoms with E-state index in [1.54, 1.807) is 6.07 Å². The molecule has 1 N–H and O–H groups in total. The van der Waals surface area contributed by atoms with Crippen molar-refractivity contribution in [3.05, 3.63) is 56.7 Å². The molecule has 0 aromatic heterocycles. The van der Waals surface area contributed by atoms with Gasteiger partial charge in [0.15, 0.2) is 0 Å². The number of halogens is 4. The minimum absolute atomic E-state index is 0.0187. The number of anilines is 1. The van der Waals surface area contributed by atoms with Crippen molar-refractivity contribution in [2.75, 3.05) is 18.4 Å². The fraction of sp³-hybridized carbons (Fsp3) is 0.278. The van der Waals surface area contributed by atoms with E-state index in [0.29, 0.717) is 17.3 Å². The molecular weight excluding hydrogens is 494 g/mol. The maximum Gasteiger partial charge on any atom is 0.244 e. The number of carbonyl (C=O) groups excluding carboxylic acids is 1. The van der Waals surface area contributed by atoms with Crippen LogP contribution in [0.15, 0.2) is 45.8 Å². The van der Waals surface area contributed by atoms with Gasteiger partial charge in [-0.1, -0.05) is 39.1 Å². The summed E-state index contributed by atoms with van der Waals surface area (Å²) in [6, 6.07) is 8.51. The number of hydrogen-bond acceptors (Lipinski definition) is 3. The second-order valence-electron chi connectivity index (χ2n) is 6.39. The molecular formula is C18H16BrCl2FN2O3S. The molecule has 1 aliphatic heterocycles. The second-order valence-corrected chi connectivity index (χ2v) is 10.1. The smallest absolute Gasteiger partial charge is 0.244 e. The number of benzene rings is 2. The predicted octanol–water partition coefficient (Wildman–Crippen LogP) is 4.93. The molecule has 1 saturated heterocycles. The van der Waals surface area contributed by atoms with Gasteiger partial charge >= 0.3 is 0 Å². The summed E-state index contributed by atoms with van der Waals surface area (Å²) in [6.07, 6.45) is 0.998. The topological polar surface area (TPSA) is 66.5 Å². The lowest BCUT2D eigenvalue weighted by Crippen LogP contribution is -2.43. The van der Waals surface area contributed by atoms with Gasteiger partial charge in [0.2, 0.25) is 15.9 Å². The molecule has 0 aliphatic carbocycles. The van der Waals surface area contributed by atoms with Gasteiger partial charge in [0, 0.05) is 22.6 Å². The highest BCUT2D eigenvalue weighted by Crippen LogP contribution is 2.31. The number of nitrogens with zero attached hydrogens (tertiary/aromatic N) is 1. The molecule has 28 heavy (non-hydrogen) atoms. The number of sulfonamides is 1. The van der Waals surface area contributed by atoms with Crippen LogP contribution >= 0.6 is 39.1 Å². The first-order chi connectivity index (χ1) is 13.2. The zero-order valence-electron chi connectivity index (χ0n) is 14.5. The lowest BCUT2D eigenvalue weighted by atomic mass is 9.98. The highest BCUT2D eigenvalue weighted by Gasteiger charge is 2.34. The van der Waals surface area contributed by atoms with Crippen LogP contribution < -0.4 is 5.32 Å². The Morgan fingerprint density at radius 3 is 2.68 bits per heavy atom. The largest absolute Gasteiger partial charge is 0.323 e. The molecule has 2 aromatic carbocycles. The van der Waals surface area contributed by atoms with Crippen molar-refractivity contribution in [3.63, 3.8) is 0 Å². The first-order valence-corrected chi connectivity index (χ1v) is 11.4. The van der Waals surface area contributed by atoms with Crippen LogP contribution in [0.2, 0.25) is 10.0 Å². The number of rotatable bonds is 4. The Hall–Kier alpha value is -1.19. The molecule has 1 amide bonds. The van der Waals surface area contributed by atoms with Crippen LogP contribution in [0.4, 0.5) is 10.1 Å². The van der Waals surface area contributed by atoms with Crippen molar-refractivity contribution in [1.82, 2.24) is 4.31 Å². The summed E-state index contributed by atoms with van der Waals surface area (Å²) in [7, 11) is -3.91. The molecule has 0 radical (unpaired) electrons. The third-order valence-electron chi connectivity index (χ3n) is 4.45. The monoisotopic (exact) mass is 508 g/mol. The van der Waals surface area contributed by atoms with Crippen molar-refractivity contribution >= 4 is 60.7 Å². The number of nitrogens with one attached hydrogen (secondary N) is 1. The Bertz CT molecular complexity index is 1020. The van der Waals surface area contributed by atoms with Crippen LogP contribution in [-0.2, 0) is 14.8 Å². The van der Waals surface area contributed by atoms with Gasteiger partial charge in [-0.05, 0) is 49.2 Å². The van der Waals surface area contributed by atoms with Crippen LogP contribution in [-0.4, -0.2) is 31.7 Å². The van der Waals surface area contributed by atoms with E-state index in [1.807, 2.05) is 0 Å². The van der Waals surface area contributed by atoms with Gasteiger partial charge in [-0.3, -0.25) is 4.79 Å². The van der Waals surface area contributed by atoms with Gasteiger partial charge in [0.05, 0.1) is 16.6 Å². The lowest BCUT2D eigenvalue weighted by molar-refractivity contribution is -0.120. The van der Waals surface area contributed by atoms with Crippen molar-refractivity contribution in [2.45, 2.75) is 17.7 Å². The molecule has 10 heteroatoms. The van der Waals surface area contributed by atoms with Gasteiger partial charge in [-0.15, -0.1) is 0 Å². The maximum atomic E-state index is 14.0. The standard InChI is InChI=1S/C18H16BrCl2FN2O3S/c19-12-3-6-16(15(22)8-12)23-18(25)11-2-1-7-24(10-11)28(26,27)17-9-13(20)4-5-14(17)21/h3-6,8-9,11H,1-2,7,10H2,(H,23,25)/t11-/m1/s1. The molecule has 0 spiro atoms. The fourth-order valence-corrected chi connectivity index (χ4v) is 5.61. The van der Waals surface area contributed by atoms with Crippen LogP contribution in [0.25, 0.3) is 0 Å². The van der Waals surface area contributed by atoms with Gasteiger partial charge in [-0.25, -0.2) is 12.8 Å². The van der Waals surface area contributed by atoms with E-state index >= 15 is 0 Å². The van der Waals surface area contributed by atoms with E-state index in [4.69, 9.17) is 23.2 Å². The van der Waals surface area contributed by atoms with Crippen molar-refractivity contribution in [1.29, 1.82) is 0 Å². The van der Waals surface area contributed by atoms with E-state index in [0.717, 1.165) is 0 Å². The quantitative estimate of drug-likeness (QED) is 0.635. The Kier molecular flexibility index (Phi) is 6.66. The average Bonchev–Trinajstić information content (AvgIpc) is 2.66. The van der Waals surface area contributed by atoms with Gasteiger partial charge in [-0.2, -0.15) is 4.31 Å². The summed E-state index contributed by atoms with van der Waals surface area (Å²) in [5.74, 6) is -1.61. The normalized spacial score (nSPS) is 18.1.